The van der Waals surface area contributed by atoms with E-state index in [1.54, 1.807) is 13.1 Å². The summed E-state index contributed by atoms with van der Waals surface area (Å²) in [4.78, 5) is 15.2. The van der Waals surface area contributed by atoms with Crippen molar-refractivity contribution in [2.24, 2.45) is 5.73 Å². The minimum absolute atomic E-state index is 0.221. The molecule has 4 heteroatoms. The molecule has 0 saturated heterocycles. The summed E-state index contributed by atoms with van der Waals surface area (Å²) in [5.41, 5.74) is 6.32. The van der Waals surface area contributed by atoms with Gasteiger partial charge in [0.05, 0.1) is 6.04 Å². The first-order chi connectivity index (χ1) is 6.11. The molecule has 0 aromatic carbocycles. The Hall–Kier alpha value is -1.42. The van der Waals surface area contributed by atoms with E-state index in [1.807, 2.05) is 19.1 Å². The molecule has 1 aromatic rings. The summed E-state index contributed by atoms with van der Waals surface area (Å²) in [6, 6.07) is 3.18. The van der Waals surface area contributed by atoms with Crippen molar-refractivity contribution >= 4 is 11.7 Å². The van der Waals surface area contributed by atoms with E-state index >= 15 is 0 Å². The Balaban J connectivity index is 2.75. The first kappa shape index (κ1) is 9.67. The van der Waals surface area contributed by atoms with Crippen molar-refractivity contribution in [3.05, 3.63) is 23.9 Å². The maximum atomic E-state index is 11.2. The van der Waals surface area contributed by atoms with Gasteiger partial charge in [0.1, 0.15) is 5.82 Å². The Bertz CT molecular complexity index is 309. The molecule has 0 fully saturated rings. The number of nitrogens with zero attached hydrogens (tertiary/aromatic N) is 1. The van der Waals surface area contributed by atoms with Gasteiger partial charge in [-0.3, -0.25) is 4.79 Å². The zero-order valence-corrected chi connectivity index (χ0v) is 7.74. The number of amides is 1. The molecule has 1 unspecified atom stereocenters. The second-order valence-corrected chi connectivity index (χ2v) is 2.95. The normalized spacial score (nSPS) is 12.2. The van der Waals surface area contributed by atoms with Crippen molar-refractivity contribution < 1.29 is 4.79 Å². The van der Waals surface area contributed by atoms with Gasteiger partial charge in [0.2, 0.25) is 5.91 Å². The van der Waals surface area contributed by atoms with Gasteiger partial charge in [0, 0.05) is 6.20 Å². The first-order valence-electron chi connectivity index (χ1n) is 4.09. The molecule has 4 nitrogen and oxygen atoms in total. The monoisotopic (exact) mass is 179 g/mol. The molecule has 0 saturated carbocycles. The number of nitrogens with two attached hydrogens (primary N) is 1. The van der Waals surface area contributed by atoms with Gasteiger partial charge in [-0.1, -0.05) is 6.07 Å². The van der Waals surface area contributed by atoms with Crippen molar-refractivity contribution in [2.75, 3.05) is 5.32 Å². The van der Waals surface area contributed by atoms with Crippen molar-refractivity contribution in [3.63, 3.8) is 0 Å². The molecular formula is C9H13N3O. The van der Waals surface area contributed by atoms with E-state index in [0.29, 0.717) is 5.82 Å². The molecule has 70 valence electrons. The highest BCUT2D eigenvalue weighted by atomic mass is 16.2. The molecule has 1 rings (SSSR count). The highest BCUT2D eigenvalue weighted by Gasteiger charge is 2.08. The van der Waals surface area contributed by atoms with E-state index in [9.17, 15) is 4.79 Å². The summed E-state index contributed by atoms with van der Waals surface area (Å²) in [6.07, 6.45) is 1.63. The highest BCUT2D eigenvalue weighted by Crippen LogP contribution is 2.08. The number of carbonyl (C=O) groups is 1. The predicted octanol–water partition coefficient (Wildman–Crippen LogP) is 0.676. The molecule has 1 heterocycles. The molecule has 0 aliphatic carbocycles. The van der Waals surface area contributed by atoms with E-state index < -0.39 is 6.04 Å². The fourth-order valence-electron chi connectivity index (χ4n) is 0.847. The minimum Gasteiger partial charge on any atom is -0.320 e. The second-order valence-electron chi connectivity index (χ2n) is 2.95. The van der Waals surface area contributed by atoms with E-state index in [4.69, 9.17) is 5.73 Å². The van der Waals surface area contributed by atoms with Crippen LogP contribution in [0.15, 0.2) is 18.3 Å². The summed E-state index contributed by atoms with van der Waals surface area (Å²) in [5.74, 6) is 0.353. The van der Waals surface area contributed by atoms with Gasteiger partial charge in [0.15, 0.2) is 0 Å². The van der Waals surface area contributed by atoms with Crippen LogP contribution in [0.5, 0.6) is 0 Å². The van der Waals surface area contributed by atoms with Crippen LogP contribution in [-0.2, 0) is 4.79 Å². The third kappa shape index (κ3) is 2.52. The summed E-state index contributed by atoms with van der Waals surface area (Å²) >= 11 is 0. The fraction of sp³-hybridized carbons (Fsp3) is 0.333. The summed E-state index contributed by atoms with van der Waals surface area (Å²) in [7, 11) is 0. The van der Waals surface area contributed by atoms with Gasteiger partial charge >= 0.3 is 0 Å². The molecule has 13 heavy (non-hydrogen) atoms. The average Bonchev–Trinajstić information content (AvgIpc) is 2.08. The van der Waals surface area contributed by atoms with Crippen LogP contribution in [0.4, 0.5) is 5.82 Å². The zero-order chi connectivity index (χ0) is 9.84. The van der Waals surface area contributed by atoms with E-state index in [-0.39, 0.29) is 5.91 Å². The lowest BCUT2D eigenvalue weighted by atomic mass is 10.2. The molecule has 1 atom stereocenters. The van der Waals surface area contributed by atoms with Crippen LogP contribution >= 0.6 is 0 Å². The lowest BCUT2D eigenvalue weighted by molar-refractivity contribution is -0.117. The number of pyridine rings is 1. The number of aryl methyl sites for hydroxylation is 1. The lowest BCUT2D eigenvalue weighted by Crippen LogP contribution is -2.32. The van der Waals surface area contributed by atoms with Gasteiger partial charge in [-0.25, -0.2) is 4.98 Å². The summed E-state index contributed by atoms with van der Waals surface area (Å²) < 4.78 is 0. The molecule has 3 N–H and O–H groups in total. The highest BCUT2D eigenvalue weighted by molar-refractivity contribution is 5.94. The number of hydrogen-bond donors (Lipinski definition) is 2. The summed E-state index contributed by atoms with van der Waals surface area (Å²) in [5, 5.41) is 2.63. The smallest absolute Gasteiger partial charge is 0.242 e. The Labute approximate surface area is 77.2 Å². The van der Waals surface area contributed by atoms with Crippen LogP contribution in [0.2, 0.25) is 0 Å². The lowest BCUT2D eigenvalue weighted by Gasteiger charge is -2.08. The third-order valence-corrected chi connectivity index (χ3v) is 1.66. The maximum Gasteiger partial charge on any atom is 0.242 e. The molecule has 0 aliphatic rings. The Morgan fingerprint density at radius 2 is 2.38 bits per heavy atom. The number of aromatic nitrogens is 1. The Morgan fingerprint density at radius 3 is 2.92 bits per heavy atom. The van der Waals surface area contributed by atoms with Gasteiger partial charge in [0.25, 0.3) is 0 Å². The minimum atomic E-state index is -0.513. The van der Waals surface area contributed by atoms with Crippen LogP contribution in [-0.4, -0.2) is 16.9 Å². The predicted molar refractivity (Wildman–Crippen MR) is 51.3 cm³/mol. The largest absolute Gasteiger partial charge is 0.320 e. The van der Waals surface area contributed by atoms with Gasteiger partial charge in [-0.15, -0.1) is 0 Å². The number of hydrogen-bond acceptors (Lipinski definition) is 3. The van der Waals surface area contributed by atoms with E-state index in [1.165, 1.54) is 0 Å². The van der Waals surface area contributed by atoms with Gasteiger partial charge in [-0.05, 0) is 25.5 Å². The number of anilines is 1. The van der Waals surface area contributed by atoms with E-state index in [2.05, 4.69) is 10.3 Å². The second kappa shape index (κ2) is 4.00. The van der Waals surface area contributed by atoms with Crippen molar-refractivity contribution in [1.29, 1.82) is 0 Å². The van der Waals surface area contributed by atoms with Crippen LogP contribution in [0.1, 0.15) is 12.5 Å². The molecule has 1 amide bonds. The first-order valence-corrected chi connectivity index (χ1v) is 4.09. The Morgan fingerprint density at radius 1 is 1.69 bits per heavy atom. The van der Waals surface area contributed by atoms with Crippen LogP contribution < -0.4 is 11.1 Å². The fourth-order valence-corrected chi connectivity index (χ4v) is 0.847. The average molecular weight is 179 g/mol. The van der Waals surface area contributed by atoms with Gasteiger partial charge in [-0.2, -0.15) is 0 Å². The standard InChI is InChI=1S/C9H13N3O/c1-6-4-3-5-11-8(6)12-9(13)7(2)10/h3-5,7H,10H2,1-2H3,(H,11,12,13). The number of rotatable bonds is 2. The Kier molecular flexibility index (Phi) is 2.97. The molecule has 0 bridgehead atoms. The topological polar surface area (TPSA) is 68.0 Å². The van der Waals surface area contributed by atoms with Crippen molar-refractivity contribution in [3.8, 4) is 0 Å². The van der Waals surface area contributed by atoms with Crippen LogP contribution in [0.25, 0.3) is 0 Å². The van der Waals surface area contributed by atoms with Crippen molar-refractivity contribution in [2.45, 2.75) is 19.9 Å². The summed E-state index contributed by atoms with van der Waals surface area (Å²) in [6.45, 7) is 3.51. The SMILES string of the molecule is Cc1cccnc1NC(=O)C(C)N. The molecule has 1 aromatic heterocycles. The third-order valence-electron chi connectivity index (χ3n) is 1.66. The van der Waals surface area contributed by atoms with E-state index in [0.717, 1.165) is 5.56 Å². The molecule has 0 radical (unpaired) electrons. The molecular weight excluding hydrogens is 166 g/mol. The maximum absolute atomic E-state index is 11.2. The zero-order valence-electron chi connectivity index (χ0n) is 7.74. The van der Waals surface area contributed by atoms with Crippen LogP contribution in [0.3, 0.4) is 0 Å². The van der Waals surface area contributed by atoms with Gasteiger partial charge < -0.3 is 11.1 Å². The quantitative estimate of drug-likeness (QED) is 0.701. The molecule has 0 aliphatic heterocycles. The molecule has 0 spiro atoms. The number of carbonyl (C=O) groups excluding carboxylic acids is 1. The van der Waals surface area contributed by atoms with Crippen LogP contribution in [0, 0.1) is 6.92 Å². The van der Waals surface area contributed by atoms with Crippen molar-refractivity contribution in [1.82, 2.24) is 4.98 Å². The number of nitrogens with one attached hydrogen (secondary N) is 1.